The van der Waals surface area contributed by atoms with Crippen molar-refractivity contribution in [1.82, 2.24) is 0 Å². The molecule has 0 spiro atoms. The van der Waals surface area contributed by atoms with Crippen LogP contribution in [0.5, 0.6) is 0 Å². The SMILES string of the molecule is CC(C)CO[C@H]1C[C@H](/C=C/c2ccccc2)C(S(=O)(=O)C(F)(F)C(F)(F)C(F)(F)C(F)(F)Cl)=C(c2ccccc2)O1. The molecule has 41 heavy (non-hydrogen) atoms. The zero-order valence-electron chi connectivity index (χ0n) is 21.5. The summed E-state index contributed by atoms with van der Waals surface area (Å²) in [5.41, 5.74) is 0.248. The molecule has 1 aliphatic rings. The summed E-state index contributed by atoms with van der Waals surface area (Å²) >= 11 is 4.05. The van der Waals surface area contributed by atoms with Crippen LogP contribution in [0.2, 0.25) is 0 Å². The second kappa shape index (κ2) is 11.9. The van der Waals surface area contributed by atoms with Crippen molar-refractivity contribution in [3.63, 3.8) is 0 Å². The quantitative estimate of drug-likeness (QED) is 0.185. The van der Waals surface area contributed by atoms with Crippen molar-refractivity contribution in [2.45, 2.75) is 49.0 Å². The minimum atomic E-state index is -7.16. The summed E-state index contributed by atoms with van der Waals surface area (Å²) in [5.74, 6) is -16.8. The molecule has 0 unspecified atom stereocenters. The van der Waals surface area contributed by atoms with Crippen LogP contribution in [-0.2, 0) is 19.3 Å². The van der Waals surface area contributed by atoms with Crippen LogP contribution >= 0.6 is 11.6 Å². The van der Waals surface area contributed by atoms with Gasteiger partial charge in [-0.25, -0.2) is 8.42 Å². The van der Waals surface area contributed by atoms with Gasteiger partial charge in [-0.3, -0.25) is 0 Å². The molecule has 0 fully saturated rings. The fourth-order valence-electron chi connectivity index (χ4n) is 3.87. The molecule has 0 aromatic heterocycles. The first-order valence-electron chi connectivity index (χ1n) is 12.1. The third-order valence-corrected chi connectivity index (χ3v) is 8.21. The fourth-order valence-corrected chi connectivity index (χ4v) is 5.71. The van der Waals surface area contributed by atoms with Crippen molar-refractivity contribution in [2.24, 2.45) is 11.8 Å². The van der Waals surface area contributed by atoms with Crippen molar-refractivity contribution in [2.75, 3.05) is 6.61 Å². The highest BCUT2D eigenvalue weighted by Gasteiger charge is 2.84. The van der Waals surface area contributed by atoms with E-state index in [0.717, 1.165) is 6.08 Å². The van der Waals surface area contributed by atoms with Crippen molar-refractivity contribution >= 4 is 33.3 Å². The van der Waals surface area contributed by atoms with Gasteiger partial charge in [0.05, 0.1) is 6.61 Å². The predicted molar refractivity (Wildman–Crippen MR) is 137 cm³/mol. The van der Waals surface area contributed by atoms with E-state index in [1.54, 1.807) is 44.2 Å². The molecule has 0 radical (unpaired) electrons. The summed E-state index contributed by atoms with van der Waals surface area (Å²) in [6.45, 7) is 3.61. The van der Waals surface area contributed by atoms with Crippen LogP contribution in [0, 0.1) is 11.8 Å². The molecule has 2 aromatic carbocycles. The summed E-state index contributed by atoms with van der Waals surface area (Å²) < 4.78 is 152. The summed E-state index contributed by atoms with van der Waals surface area (Å²) in [7, 11) is -6.88. The lowest BCUT2D eigenvalue weighted by Gasteiger charge is -2.37. The number of benzene rings is 2. The maximum Gasteiger partial charge on any atom is 0.417 e. The normalized spacial score (nSPS) is 19.6. The Balaban J connectivity index is 2.30. The highest BCUT2D eigenvalue weighted by atomic mass is 35.5. The smallest absolute Gasteiger partial charge is 0.417 e. The predicted octanol–water partition coefficient (Wildman–Crippen LogP) is 8.21. The molecule has 1 aliphatic heterocycles. The molecule has 0 bridgehead atoms. The molecular weight excluding hydrogens is 608 g/mol. The molecule has 0 amide bonds. The Bertz CT molecular complexity index is 1360. The Morgan fingerprint density at radius 1 is 0.927 bits per heavy atom. The molecule has 2 aromatic rings. The Labute approximate surface area is 236 Å². The lowest BCUT2D eigenvalue weighted by Crippen LogP contribution is -2.63. The van der Waals surface area contributed by atoms with Crippen LogP contribution in [0.1, 0.15) is 31.4 Å². The Kier molecular flexibility index (Phi) is 9.56. The summed E-state index contributed by atoms with van der Waals surface area (Å²) in [6, 6.07) is 14.5. The van der Waals surface area contributed by atoms with Crippen LogP contribution in [0.15, 0.2) is 71.6 Å². The first-order chi connectivity index (χ1) is 18.8. The maximum atomic E-state index is 15.2. The van der Waals surface area contributed by atoms with Crippen molar-refractivity contribution < 1.29 is 53.0 Å². The zero-order chi connectivity index (χ0) is 30.9. The van der Waals surface area contributed by atoms with Gasteiger partial charge in [0.15, 0.2) is 0 Å². The van der Waals surface area contributed by atoms with Crippen LogP contribution in [-0.4, -0.2) is 43.8 Å². The molecule has 3 rings (SSSR count). The summed E-state index contributed by atoms with van der Waals surface area (Å²) in [4.78, 5) is -1.52. The average Bonchev–Trinajstić information content (AvgIpc) is 2.90. The van der Waals surface area contributed by atoms with E-state index >= 15 is 8.78 Å². The largest absolute Gasteiger partial charge is 0.463 e. The Morgan fingerprint density at radius 3 is 1.98 bits per heavy atom. The Hall–Kier alpha value is -2.64. The third-order valence-electron chi connectivity index (χ3n) is 5.97. The van der Waals surface area contributed by atoms with Gasteiger partial charge in [-0.2, -0.15) is 35.1 Å². The third kappa shape index (κ3) is 6.41. The van der Waals surface area contributed by atoms with Gasteiger partial charge >= 0.3 is 22.5 Å². The molecule has 0 N–H and O–H groups in total. The minimum absolute atomic E-state index is 0.0614. The van der Waals surface area contributed by atoms with Gasteiger partial charge in [0.1, 0.15) is 10.7 Å². The van der Waals surface area contributed by atoms with Gasteiger partial charge in [-0.15, -0.1) is 0 Å². The molecule has 2 atom stereocenters. The van der Waals surface area contributed by atoms with Crippen molar-refractivity contribution in [1.29, 1.82) is 0 Å². The van der Waals surface area contributed by atoms with Gasteiger partial charge in [-0.05, 0) is 23.1 Å². The van der Waals surface area contributed by atoms with Crippen LogP contribution < -0.4 is 0 Å². The summed E-state index contributed by atoms with van der Waals surface area (Å²) in [6.07, 6.45) is 0.581. The molecule has 0 aliphatic carbocycles. The van der Waals surface area contributed by atoms with Gasteiger partial charge < -0.3 is 9.47 Å². The lowest BCUT2D eigenvalue weighted by molar-refractivity contribution is -0.326. The number of alkyl halides is 9. The van der Waals surface area contributed by atoms with Gasteiger partial charge in [0, 0.05) is 17.9 Å². The summed E-state index contributed by atoms with van der Waals surface area (Å²) in [5, 5.41) is -13.0. The van der Waals surface area contributed by atoms with Gasteiger partial charge in [0.2, 0.25) is 6.29 Å². The highest BCUT2D eigenvalue weighted by molar-refractivity contribution is 7.96. The van der Waals surface area contributed by atoms with E-state index in [1.807, 2.05) is 0 Å². The maximum absolute atomic E-state index is 15.2. The second-order valence-corrected chi connectivity index (χ2v) is 12.0. The molecule has 0 saturated heterocycles. The molecular formula is C27H25ClF8O4S. The topological polar surface area (TPSA) is 52.6 Å². The van der Waals surface area contributed by atoms with E-state index < -0.39 is 61.6 Å². The lowest BCUT2D eigenvalue weighted by atomic mass is 9.97. The van der Waals surface area contributed by atoms with Crippen molar-refractivity contribution in [3.05, 3.63) is 82.8 Å². The number of hydrogen-bond donors (Lipinski definition) is 0. The molecule has 14 heteroatoms. The number of rotatable bonds is 11. The number of allylic oxidation sites excluding steroid dienone is 2. The second-order valence-electron chi connectivity index (χ2n) is 9.61. The number of ether oxygens (including phenoxy) is 2. The highest BCUT2D eigenvalue weighted by Crippen LogP contribution is 2.58. The zero-order valence-corrected chi connectivity index (χ0v) is 23.1. The van der Waals surface area contributed by atoms with Gasteiger partial charge in [0.25, 0.3) is 9.84 Å². The number of sulfone groups is 1. The standard InChI is InChI=1S/C27H25ClF8O4S/c1-17(2)16-39-21-15-20(14-13-18-9-5-3-6-10-18)23(22(40-21)19-11-7-4-8-12-19)41(37,38)27(35,36)25(31,32)24(29,30)26(28,33)34/h3-14,17,20-21H,15-16H2,1-2H3/b14-13+/t20-,21+/m0/s1. The van der Waals surface area contributed by atoms with E-state index in [4.69, 9.17) is 9.47 Å². The molecule has 0 saturated carbocycles. The fraction of sp³-hybridized carbons (Fsp3) is 0.407. The monoisotopic (exact) mass is 632 g/mol. The van der Waals surface area contributed by atoms with E-state index in [1.165, 1.54) is 36.4 Å². The molecule has 226 valence electrons. The van der Waals surface area contributed by atoms with E-state index in [-0.39, 0.29) is 18.1 Å². The number of hydrogen-bond acceptors (Lipinski definition) is 4. The van der Waals surface area contributed by atoms with Crippen molar-refractivity contribution in [3.8, 4) is 0 Å². The Morgan fingerprint density at radius 2 is 1.46 bits per heavy atom. The van der Waals surface area contributed by atoms with Crippen LogP contribution in [0.3, 0.4) is 0 Å². The first kappa shape index (κ1) is 32.9. The van der Waals surface area contributed by atoms with Gasteiger partial charge in [-0.1, -0.05) is 86.7 Å². The van der Waals surface area contributed by atoms with E-state index in [9.17, 15) is 34.8 Å². The first-order valence-corrected chi connectivity index (χ1v) is 14.0. The molecule has 4 nitrogen and oxygen atoms in total. The van der Waals surface area contributed by atoms with Crippen LogP contribution in [0.25, 0.3) is 11.8 Å². The van der Waals surface area contributed by atoms with E-state index in [0.29, 0.717) is 5.56 Å². The minimum Gasteiger partial charge on any atom is -0.463 e. The van der Waals surface area contributed by atoms with Crippen LogP contribution in [0.4, 0.5) is 35.1 Å². The number of halogens is 9. The average molecular weight is 633 g/mol. The molecule has 1 heterocycles. The van der Waals surface area contributed by atoms with E-state index in [2.05, 4.69) is 11.6 Å².